The average molecular weight is 397 g/mol. The monoisotopic (exact) mass is 397 g/mol. The lowest BCUT2D eigenvalue weighted by molar-refractivity contribution is -0.141. The van der Waals surface area contributed by atoms with Gasteiger partial charge in [0.15, 0.2) is 5.82 Å². The van der Waals surface area contributed by atoms with Gasteiger partial charge < -0.3 is 4.74 Å². The maximum Gasteiger partial charge on any atom is 0.433 e. The quantitative estimate of drug-likeness (QED) is 0.614. The number of rotatable bonds is 5. The van der Waals surface area contributed by atoms with Crippen LogP contribution in [0.25, 0.3) is 11.5 Å². The highest BCUT2D eigenvalue weighted by Crippen LogP contribution is 2.29. The summed E-state index contributed by atoms with van der Waals surface area (Å²) in [5.74, 6) is -0.561. The van der Waals surface area contributed by atoms with Gasteiger partial charge in [-0.3, -0.25) is 4.68 Å². The van der Waals surface area contributed by atoms with Gasteiger partial charge in [0, 0.05) is 17.3 Å². The number of esters is 1. The summed E-state index contributed by atoms with van der Waals surface area (Å²) >= 11 is 1.24. The minimum absolute atomic E-state index is 0.0856. The number of hydrogen-bond donors (Lipinski definition) is 0. The summed E-state index contributed by atoms with van der Waals surface area (Å²) in [5.41, 5.74) is -0.244. The van der Waals surface area contributed by atoms with E-state index in [0.29, 0.717) is 10.6 Å². The van der Waals surface area contributed by atoms with E-state index in [-0.39, 0.29) is 30.4 Å². The number of hydrogen-bond acceptors (Lipinski definition) is 7. The van der Waals surface area contributed by atoms with E-state index in [1.807, 2.05) is 0 Å². The molecule has 0 aliphatic carbocycles. The summed E-state index contributed by atoms with van der Waals surface area (Å²) in [6.07, 6.45) is -1.66. The van der Waals surface area contributed by atoms with Gasteiger partial charge in [0.05, 0.1) is 24.9 Å². The number of ether oxygens (including phenoxy) is 1. The Bertz CT molecular complexity index is 967. The molecule has 7 nitrogen and oxygen atoms in total. The van der Waals surface area contributed by atoms with Crippen LogP contribution in [0.4, 0.5) is 13.2 Å². The van der Waals surface area contributed by atoms with E-state index in [0.717, 1.165) is 6.07 Å². The molecule has 142 valence electrons. The van der Waals surface area contributed by atoms with Crippen LogP contribution >= 0.6 is 11.3 Å². The van der Waals surface area contributed by atoms with Crippen LogP contribution in [0, 0.1) is 6.92 Å². The van der Waals surface area contributed by atoms with Crippen molar-refractivity contribution in [3.63, 3.8) is 0 Å². The summed E-state index contributed by atoms with van der Waals surface area (Å²) in [6.45, 7) is 3.68. The molecule has 0 saturated carbocycles. The van der Waals surface area contributed by atoms with E-state index >= 15 is 0 Å². The Labute approximate surface area is 155 Å². The van der Waals surface area contributed by atoms with Crippen LogP contribution in [0.3, 0.4) is 0 Å². The lowest BCUT2D eigenvalue weighted by atomic mass is 10.3. The average Bonchev–Trinajstić information content (AvgIpc) is 3.24. The minimum Gasteiger partial charge on any atom is -0.462 e. The number of carbonyl (C=O) groups is 1. The molecule has 0 bridgehead atoms. The standard InChI is InChI=1S/C16H14F3N5O2S/c1-3-26-15(25)10-5-20-24(6-10)7-13-22-11(8-27-13)14-21-9(2)4-12(23-14)16(17,18)19/h4-6,8H,3,7H2,1-2H3. The first-order valence-electron chi connectivity index (χ1n) is 7.83. The maximum atomic E-state index is 12.9. The van der Waals surface area contributed by atoms with Crippen LogP contribution in [0.5, 0.6) is 0 Å². The second-order valence-corrected chi connectivity index (χ2v) is 6.43. The molecule has 0 N–H and O–H groups in total. The molecule has 0 spiro atoms. The zero-order valence-electron chi connectivity index (χ0n) is 14.3. The van der Waals surface area contributed by atoms with Crippen LogP contribution < -0.4 is 0 Å². The zero-order valence-corrected chi connectivity index (χ0v) is 15.1. The number of nitrogens with zero attached hydrogens (tertiary/aromatic N) is 5. The molecular formula is C16H14F3N5O2S. The van der Waals surface area contributed by atoms with Crippen molar-refractivity contribution in [2.45, 2.75) is 26.6 Å². The van der Waals surface area contributed by atoms with Crippen molar-refractivity contribution in [1.29, 1.82) is 0 Å². The largest absolute Gasteiger partial charge is 0.462 e. The van der Waals surface area contributed by atoms with E-state index in [1.54, 1.807) is 12.3 Å². The van der Waals surface area contributed by atoms with Gasteiger partial charge in [0.1, 0.15) is 16.4 Å². The molecule has 3 aromatic heterocycles. The number of aromatic nitrogens is 5. The van der Waals surface area contributed by atoms with Gasteiger partial charge in [0.2, 0.25) is 0 Å². The van der Waals surface area contributed by atoms with E-state index < -0.39 is 17.8 Å². The van der Waals surface area contributed by atoms with Gasteiger partial charge in [-0.15, -0.1) is 11.3 Å². The van der Waals surface area contributed by atoms with Gasteiger partial charge in [0.25, 0.3) is 0 Å². The highest BCUT2D eigenvalue weighted by atomic mass is 32.1. The zero-order chi connectivity index (χ0) is 19.6. The molecule has 11 heteroatoms. The summed E-state index contributed by atoms with van der Waals surface area (Å²) in [7, 11) is 0. The SMILES string of the molecule is CCOC(=O)c1cnn(Cc2nc(-c3nc(C)cc(C(F)(F)F)n3)cs2)c1. The molecule has 3 aromatic rings. The van der Waals surface area contributed by atoms with Crippen LogP contribution in [-0.2, 0) is 17.5 Å². The first-order chi connectivity index (χ1) is 12.8. The molecule has 0 aliphatic heterocycles. The topological polar surface area (TPSA) is 82.8 Å². The lowest BCUT2D eigenvalue weighted by Gasteiger charge is -2.07. The maximum absolute atomic E-state index is 12.9. The normalized spacial score (nSPS) is 11.6. The Hall–Kier alpha value is -2.82. The predicted molar refractivity (Wildman–Crippen MR) is 90.2 cm³/mol. The summed E-state index contributed by atoms with van der Waals surface area (Å²) < 4.78 is 45.1. The summed E-state index contributed by atoms with van der Waals surface area (Å²) in [5, 5.41) is 6.23. The highest BCUT2D eigenvalue weighted by Gasteiger charge is 2.33. The Balaban J connectivity index is 1.80. The summed E-state index contributed by atoms with van der Waals surface area (Å²) in [4.78, 5) is 23.5. The van der Waals surface area contributed by atoms with E-state index in [2.05, 4.69) is 20.1 Å². The fourth-order valence-corrected chi connectivity index (χ4v) is 2.99. The number of carbonyl (C=O) groups excluding carboxylic acids is 1. The van der Waals surface area contributed by atoms with E-state index in [9.17, 15) is 18.0 Å². The first kappa shape index (κ1) is 19.0. The van der Waals surface area contributed by atoms with Crippen molar-refractivity contribution in [2.24, 2.45) is 0 Å². The van der Waals surface area contributed by atoms with E-state index in [4.69, 9.17) is 4.74 Å². The van der Waals surface area contributed by atoms with Crippen molar-refractivity contribution in [1.82, 2.24) is 24.7 Å². The van der Waals surface area contributed by atoms with Crippen molar-refractivity contribution in [3.8, 4) is 11.5 Å². The van der Waals surface area contributed by atoms with Crippen LogP contribution in [0.2, 0.25) is 0 Å². The Kier molecular flexibility index (Phi) is 5.22. The number of halogens is 3. The second-order valence-electron chi connectivity index (χ2n) is 5.49. The van der Waals surface area contributed by atoms with Crippen molar-refractivity contribution in [2.75, 3.05) is 6.61 Å². The van der Waals surface area contributed by atoms with Crippen LogP contribution in [-0.4, -0.2) is 37.3 Å². The van der Waals surface area contributed by atoms with E-state index in [1.165, 1.54) is 35.3 Å². The fourth-order valence-electron chi connectivity index (χ4n) is 2.22. The molecule has 0 radical (unpaired) electrons. The van der Waals surface area contributed by atoms with Crippen molar-refractivity contribution in [3.05, 3.63) is 45.8 Å². The molecule has 0 aromatic carbocycles. The molecule has 0 unspecified atom stereocenters. The third-order valence-electron chi connectivity index (χ3n) is 3.37. The van der Waals surface area contributed by atoms with Gasteiger partial charge in [-0.05, 0) is 19.9 Å². The lowest BCUT2D eigenvalue weighted by Crippen LogP contribution is -2.10. The molecule has 0 atom stereocenters. The molecule has 0 saturated heterocycles. The van der Waals surface area contributed by atoms with Crippen LogP contribution in [0.15, 0.2) is 23.8 Å². The van der Waals surface area contributed by atoms with Crippen LogP contribution in [0.1, 0.15) is 33.7 Å². The van der Waals surface area contributed by atoms with Gasteiger partial charge in [-0.25, -0.2) is 19.7 Å². The molecule has 0 aliphatic rings. The first-order valence-corrected chi connectivity index (χ1v) is 8.71. The molecular weight excluding hydrogens is 383 g/mol. The van der Waals surface area contributed by atoms with Crippen molar-refractivity contribution < 1.29 is 22.7 Å². The fraction of sp³-hybridized carbons (Fsp3) is 0.312. The van der Waals surface area contributed by atoms with Gasteiger partial charge in [-0.2, -0.15) is 18.3 Å². The van der Waals surface area contributed by atoms with Gasteiger partial charge in [-0.1, -0.05) is 0 Å². The third kappa shape index (κ3) is 4.48. The number of aryl methyl sites for hydroxylation is 1. The third-order valence-corrected chi connectivity index (χ3v) is 4.20. The smallest absolute Gasteiger partial charge is 0.433 e. The highest BCUT2D eigenvalue weighted by molar-refractivity contribution is 7.09. The van der Waals surface area contributed by atoms with Gasteiger partial charge >= 0.3 is 12.1 Å². The Morgan fingerprint density at radius 2 is 2.07 bits per heavy atom. The molecule has 0 amide bonds. The van der Waals surface area contributed by atoms with Crippen molar-refractivity contribution >= 4 is 17.3 Å². The molecule has 3 heterocycles. The number of alkyl halides is 3. The molecule has 3 rings (SSSR count). The Morgan fingerprint density at radius 3 is 2.78 bits per heavy atom. The summed E-state index contributed by atoms with van der Waals surface area (Å²) in [6, 6.07) is 0.886. The Morgan fingerprint density at radius 1 is 1.30 bits per heavy atom. The molecule has 0 fully saturated rings. The number of thiazole rings is 1. The minimum atomic E-state index is -4.56. The predicted octanol–water partition coefficient (Wildman–Crippen LogP) is 3.35. The second kappa shape index (κ2) is 7.43. The molecule has 27 heavy (non-hydrogen) atoms.